The standard InChI is InChI=1S/C14H14ClN3O3/c1-7-5-4-6-8(2)9(7)10-11(21-3)12(15)17-13(16-10)18-14(19)20/h4-6H,1-3H3,(H,19,20)(H,16,17,18). The molecule has 0 aliphatic heterocycles. The van der Waals surface area contributed by atoms with Gasteiger partial charge in [0, 0.05) is 5.56 Å². The van der Waals surface area contributed by atoms with Crippen molar-refractivity contribution in [3.05, 3.63) is 34.5 Å². The molecule has 7 heteroatoms. The summed E-state index contributed by atoms with van der Waals surface area (Å²) in [5, 5.41) is 10.9. The zero-order chi connectivity index (χ0) is 15.6. The summed E-state index contributed by atoms with van der Waals surface area (Å²) in [7, 11) is 1.46. The molecule has 0 atom stereocenters. The Morgan fingerprint density at radius 1 is 1.29 bits per heavy atom. The summed E-state index contributed by atoms with van der Waals surface area (Å²) in [5.74, 6) is 0.218. The number of carboxylic acid groups (broad SMARTS) is 1. The van der Waals surface area contributed by atoms with Crippen LogP contribution in [0.1, 0.15) is 11.1 Å². The van der Waals surface area contributed by atoms with Gasteiger partial charge in [0.1, 0.15) is 5.69 Å². The summed E-state index contributed by atoms with van der Waals surface area (Å²) < 4.78 is 5.27. The zero-order valence-electron chi connectivity index (χ0n) is 11.8. The van der Waals surface area contributed by atoms with Crippen molar-refractivity contribution in [3.63, 3.8) is 0 Å². The molecule has 0 fully saturated rings. The zero-order valence-corrected chi connectivity index (χ0v) is 12.5. The van der Waals surface area contributed by atoms with Gasteiger partial charge in [0.05, 0.1) is 7.11 Å². The van der Waals surface area contributed by atoms with Gasteiger partial charge in [0.25, 0.3) is 0 Å². The Hall–Kier alpha value is -2.34. The van der Waals surface area contributed by atoms with E-state index in [9.17, 15) is 4.79 Å². The molecule has 0 aliphatic carbocycles. The second kappa shape index (κ2) is 5.97. The van der Waals surface area contributed by atoms with Gasteiger partial charge in [-0.3, -0.25) is 5.32 Å². The molecule has 0 saturated carbocycles. The average molecular weight is 308 g/mol. The Kier molecular flexibility index (Phi) is 4.28. The van der Waals surface area contributed by atoms with Crippen LogP contribution in [0.5, 0.6) is 5.75 Å². The Bertz CT molecular complexity index is 684. The molecule has 21 heavy (non-hydrogen) atoms. The number of aromatic nitrogens is 2. The van der Waals surface area contributed by atoms with Gasteiger partial charge in [-0.15, -0.1) is 0 Å². The fraction of sp³-hybridized carbons (Fsp3) is 0.214. The van der Waals surface area contributed by atoms with Crippen LogP contribution in [0.2, 0.25) is 5.15 Å². The summed E-state index contributed by atoms with van der Waals surface area (Å²) in [6.45, 7) is 3.87. The first-order valence-corrected chi connectivity index (χ1v) is 6.50. The highest BCUT2D eigenvalue weighted by atomic mass is 35.5. The van der Waals surface area contributed by atoms with Crippen LogP contribution in [0.15, 0.2) is 18.2 Å². The monoisotopic (exact) mass is 307 g/mol. The molecule has 0 spiro atoms. The molecule has 0 aliphatic rings. The molecule has 110 valence electrons. The number of nitrogens with zero attached hydrogens (tertiary/aromatic N) is 2. The summed E-state index contributed by atoms with van der Waals surface area (Å²) in [4.78, 5) is 18.8. The SMILES string of the molecule is COc1c(Cl)nc(NC(=O)O)nc1-c1c(C)cccc1C. The first kappa shape index (κ1) is 15.1. The summed E-state index contributed by atoms with van der Waals surface area (Å²) in [5.41, 5.74) is 3.25. The van der Waals surface area contributed by atoms with Gasteiger partial charge >= 0.3 is 6.09 Å². The lowest BCUT2D eigenvalue weighted by atomic mass is 9.99. The lowest BCUT2D eigenvalue weighted by Gasteiger charge is -2.14. The molecule has 0 saturated heterocycles. The lowest BCUT2D eigenvalue weighted by Crippen LogP contribution is -2.12. The van der Waals surface area contributed by atoms with Crippen LogP contribution in [0.4, 0.5) is 10.7 Å². The van der Waals surface area contributed by atoms with E-state index in [0.717, 1.165) is 16.7 Å². The van der Waals surface area contributed by atoms with Crippen LogP contribution in [0.3, 0.4) is 0 Å². The van der Waals surface area contributed by atoms with E-state index in [4.69, 9.17) is 21.4 Å². The molecule has 2 aromatic rings. The van der Waals surface area contributed by atoms with E-state index in [2.05, 4.69) is 15.3 Å². The van der Waals surface area contributed by atoms with Crippen molar-refractivity contribution >= 4 is 23.6 Å². The molecule has 0 radical (unpaired) electrons. The van der Waals surface area contributed by atoms with Crippen LogP contribution < -0.4 is 10.1 Å². The first-order chi connectivity index (χ1) is 9.93. The van der Waals surface area contributed by atoms with E-state index < -0.39 is 6.09 Å². The van der Waals surface area contributed by atoms with Crippen molar-refractivity contribution in [1.29, 1.82) is 0 Å². The van der Waals surface area contributed by atoms with Crippen molar-refractivity contribution < 1.29 is 14.6 Å². The number of amides is 1. The molecule has 1 aromatic heterocycles. The van der Waals surface area contributed by atoms with E-state index in [1.165, 1.54) is 7.11 Å². The number of halogens is 1. The number of nitrogens with one attached hydrogen (secondary N) is 1. The number of aryl methyl sites for hydroxylation is 2. The van der Waals surface area contributed by atoms with E-state index >= 15 is 0 Å². The molecule has 0 unspecified atom stereocenters. The number of anilines is 1. The minimum absolute atomic E-state index is 0.0499. The van der Waals surface area contributed by atoms with Gasteiger partial charge in [0.15, 0.2) is 10.9 Å². The number of rotatable bonds is 3. The van der Waals surface area contributed by atoms with Crippen LogP contribution in [-0.4, -0.2) is 28.3 Å². The maximum atomic E-state index is 10.8. The van der Waals surface area contributed by atoms with Crippen molar-refractivity contribution in [2.24, 2.45) is 0 Å². The molecular weight excluding hydrogens is 294 g/mol. The third-order valence-electron chi connectivity index (χ3n) is 2.96. The number of benzene rings is 1. The molecule has 1 amide bonds. The summed E-state index contributed by atoms with van der Waals surface area (Å²) in [6.07, 6.45) is -1.26. The van der Waals surface area contributed by atoms with Crippen LogP contribution in [-0.2, 0) is 0 Å². The predicted octanol–water partition coefficient (Wildman–Crippen LogP) is 3.51. The fourth-order valence-electron chi connectivity index (χ4n) is 2.11. The largest absolute Gasteiger partial charge is 0.491 e. The second-order valence-corrected chi connectivity index (χ2v) is 4.77. The molecule has 2 N–H and O–H groups in total. The Morgan fingerprint density at radius 2 is 1.90 bits per heavy atom. The van der Waals surface area contributed by atoms with Crippen LogP contribution in [0, 0.1) is 13.8 Å². The topological polar surface area (TPSA) is 84.3 Å². The van der Waals surface area contributed by atoms with E-state index in [0.29, 0.717) is 11.4 Å². The van der Waals surface area contributed by atoms with Crippen LogP contribution in [0.25, 0.3) is 11.3 Å². The molecule has 1 heterocycles. The highest BCUT2D eigenvalue weighted by Gasteiger charge is 2.19. The van der Waals surface area contributed by atoms with E-state index in [-0.39, 0.29) is 11.1 Å². The van der Waals surface area contributed by atoms with E-state index in [1.807, 2.05) is 32.0 Å². The highest BCUT2D eigenvalue weighted by molar-refractivity contribution is 6.31. The molecule has 1 aromatic carbocycles. The van der Waals surface area contributed by atoms with Crippen molar-refractivity contribution in [3.8, 4) is 17.0 Å². The van der Waals surface area contributed by atoms with Crippen molar-refractivity contribution in [2.75, 3.05) is 12.4 Å². The molecule has 2 rings (SSSR count). The first-order valence-electron chi connectivity index (χ1n) is 6.12. The molecular formula is C14H14ClN3O3. The van der Waals surface area contributed by atoms with Gasteiger partial charge in [-0.05, 0) is 25.0 Å². The Balaban J connectivity index is 2.71. The van der Waals surface area contributed by atoms with Crippen molar-refractivity contribution in [2.45, 2.75) is 13.8 Å². The third kappa shape index (κ3) is 3.05. The van der Waals surface area contributed by atoms with Gasteiger partial charge in [-0.25, -0.2) is 9.78 Å². The number of carbonyl (C=O) groups is 1. The normalized spacial score (nSPS) is 10.3. The number of methoxy groups -OCH3 is 1. The Morgan fingerprint density at radius 3 is 2.43 bits per heavy atom. The van der Waals surface area contributed by atoms with Gasteiger partial charge < -0.3 is 9.84 Å². The predicted molar refractivity (Wildman–Crippen MR) is 80.2 cm³/mol. The number of ether oxygens (including phenoxy) is 1. The Labute approximate surface area is 126 Å². The van der Waals surface area contributed by atoms with Crippen molar-refractivity contribution in [1.82, 2.24) is 9.97 Å². The molecule has 0 bridgehead atoms. The minimum Gasteiger partial charge on any atom is -0.491 e. The number of hydrogen-bond acceptors (Lipinski definition) is 4. The molecule has 6 nitrogen and oxygen atoms in total. The highest BCUT2D eigenvalue weighted by Crippen LogP contribution is 2.37. The van der Waals surface area contributed by atoms with Crippen LogP contribution >= 0.6 is 11.6 Å². The summed E-state index contributed by atoms with van der Waals surface area (Å²) in [6, 6.07) is 5.80. The van der Waals surface area contributed by atoms with Gasteiger partial charge in [-0.2, -0.15) is 4.98 Å². The fourth-order valence-corrected chi connectivity index (χ4v) is 2.36. The lowest BCUT2D eigenvalue weighted by molar-refractivity contribution is 0.209. The number of hydrogen-bond donors (Lipinski definition) is 2. The average Bonchev–Trinajstić information content (AvgIpc) is 2.37. The summed E-state index contributed by atoms with van der Waals surface area (Å²) >= 11 is 6.06. The van der Waals surface area contributed by atoms with E-state index in [1.54, 1.807) is 0 Å². The van der Waals surface area contributed by atoms with Gasteiger partial charge in [0.2, 0.25) is 5.95 Å². The third-order valence-corrected chi connectivity index (χ3v) is 3.22. The quantitative estimate of drug-likeness (QED) is 0.848. The maximum absolute atomic E-state index is 10.8. The minimum atomic E-state index is -1.26. The second-order valence-electron chi connectivity index (χ2n) is 4.42. The van der Waals surface area contributed by atoms with Gasteiger partial charge in [-0.1, -0.05) is 29.8 Å². The maximum Gasteiger partial charge on any atom is 0.411 e. The smallest absolute Gasteiger partial charge is 0.411 e.